The lowest BCUT2D eigenvalue weighted by Crippen LogP contribution is -2.40. The van der Waals surface area contributed by atoms with E-state index in [-0.39, 0.29) is 18.0 Å². The first-order valence-corrected chi connectivity index (χ1v) is 6.91. The minimum atomic E-state index is -0.222. The molecule has 2 N–H and O–H groups in total. The molecule has 2 atom stereocenters. The van der Waals surface area contributed by atoms with Crippen molar-refractivity contribution in [3.05, 3.63) is 35.6 Å². The number of hydrogen-bond donors (Lipinski definition) is 2. The summed E-state index contributed by atoms with van der Waals surface area (Å²) in [5.41, 5.74) is 1.01. The molecular weight excluding hydrogens is 229 g/mol. The van der Waals surface area contributed by atoms with Gasteiger partial charge in [-0.1, -0.05) is 31.4 Å². The van der Waals surface area contributed by atoms with Crippen molar-refractivity contribution in [3.63, 3.8) is 0 Å². The molecule has 0 bridgehead atoms. The second kappa shape index (κ2) is 6.86. The van der Waals surface area contributed by atoms with Gasteiger partial charge in [-0.05, 0) is 43.5 Å². The van der Waals surface area contributed by atoms with Crippen molar-refractivity contribution in [1.29, 1.82) is 0 Å². The molecule has 1 saturated carbocycles. The monoisotopic (exact) mass is 251 g/mol. The Labute approximate surface area is 108 Å². The van der Waals surface area contributed by atoms with Gasteiger partial charge in [0.25, 0.3) is 0 Å². The quantitative estimate of drug-likeness (QED) is 0.806. The second-order valence-electron chi connectivity index (χ2n) is 5.15. The van der Waals surface area contributed by atoms with E-state index in [1.54, 1.807) is 12.1 Å². The number of rotatable bonds is 4. The van der Waals surface area contributed by atoms with Crippen LogP contribution in [0.5, 0.6) is 0 Å². The fourth-order valence-corrected chi connectivity index (χ4v) is 2.62. The van der Waals surface area contributed by atoms with Crippen molar-refractivity contribution in [2.24, 2.45) is 0 Å². The summed E-state index contributed by atoms with van der Waals surface area (Å²) >= 11 is 0. The van der Waals surface area contributed by atoms with Gasteiger partial charge in [0.05, 0.1) is 6.10 Å². The Bertz CT molecular complexity index is 369. The Hall–Kier alpha value is -0.930. The topological polar surface area (TPSA) is 32.3 Å². The van der Waals surface area contributed by atoms with E-state index in [9.17, 15) is 9.50 Å². The van der Waals surface area contributed by atoms with E-state index in [0.717, 1.165) is 37.8 Å². The van der Waals surface area contributed by atoms with Crippen LogP contribution in [0.1, 0.15) is 37.7 Å². The highest BCUT2D eigenvalue weighted by Crippen LogP contribution is 2.18. The van der Waals surface area contributed by atoms with Crippen LogP contribution in [0.4, 0.5) is 4.39 Å². The van der Waals surface area contributed by atoms with Gasteiger partial charge in [-0.15, -0.1) is 0 Å². The van der Waals surface area contributed by atoms with Crippen LogP contribution in [0.15, 0.2) is 24.3 Å². The number of benzene rings is 1. The van der Waals surface area contributed by atoms with Crippen molar-refractivity contribution >= 4 is 0 Å². The number of aliphatic hydroxyl groups excluding tert-OH is 1. The zero-order chi connectivity index (χ0) is 12.8. The van der Waals surface area contributed by atoms with Crippen LogP contribution < -0.4 is 5.32 Å². The van der Waals surface area contributed by atoms with Crippen molar-refractivity contribution in [2.75, 3.05) is 6.54 Å². The van der Waals surface area contributed by atoms with E-state index in [4.69, 9.17) is 0 Å². The Balaban J connectivity index is 1.77. The third kappa shape index (κ3) is 4.07. The zero-order valence-electron chi connectivity index (χ0n) is 10.7. The predicted molar refractivity (Wildman–Crippen MR) is 71.0 cm³/mol. The summed E-state index contributed by atoms with van der Waals surface area (Å²) in [4.78, 5) is 0. The molecule has 0 spiro atoms. The van der Waals surface area contributed by atoms with E-state index >= 15 is 0 Å². The van der Waals surface area contributed by atoms with Gasteiger partial charge in [-0.3, -0.25) is 0 Å². The lowest BCUT2D eigenvalue weighted by Gasteiger charge is -2.21. The SMILES string of the molecule is OC1CCCCCC1NCCc1cccc(F)c1. The minimum Gasteiger partial charge on any atom is -0.392 e. The summed E-state index contributed by atoms with van der Waals surface area (Å²) in [6.07, 6.45) is 6.07. The van der Waals surface area contributed by atoms with Crippen LogP contribution >= 0.6 is 0 Å². The average Bonchev–Trinajstić information content (AvgIpc) is 2.55. The van der Waals surface area contributed by atoms with Crippen molar-refractivity contribution in [3.8, 4) is 0 Å². The van der Waals surface area contributed by atoms with Gasteiger partial charge in [-0.2, -0.15) is 0 Å². The van der Waals surface area contributed by atoms with Gasteiger partial charge in [-0.25, -0.2) is 4.39 Å². The molecule has 0 aliphatic heterocycles. The average molecular weight is 251 g/mol. The molecule has 2 unspecified atom stereocenters. The molecule has 0 saturated heterocycles. The van der Waals surface area contributed by atoms with E-state index in [2.05, 4.69) is 5.32 Å². The molecule has 0 radical (unpaired) electrons. The maximum atomic E-state index is 13.0. The maximum Gasteiger partial charge on any atom is 0.123 e. The normalized spacial score (nSPS) is 24.8. The Morgan fingerprint density at radius 3 is 2.89 bits per heavy atom. The van der Waals surface area contributed by atoms with E-state index in [1.165, 1.54) is 18.9 Å². The van der Waals surface area contributed by atoms with E-state index in [0.29, 0.717) is 0 Å². The Morgan fingerprint density at radius 2 is 2.06 bits per heavy atom. The molecule has 0 heterocycles. The molecule has 1 aliphatic rings. The summed E-state index contributed by atoms with van der Waals surface area (Å²) in [5, 5.41) is 13.4. The first kappa shape index (κ1) is 13.5. The third-order valence-electron chi connectivity index (χ3n) is 3.69. The van der Waals surface area contributed by atoms with Crippen LogP contribution in [0.25, 0.3) is 0 Å². The first-order chi connectivity index (χ1) is 8.75. The molecule has 1 fully saturated rings. The molecule has 0 amide bonds. The third-order valence-corrected chi connectivity index (χ3v) is 3.69. The van der Waals surface area contributed by atoms with Crippen LogP contribution in [0, 0.1) is 5.82 Å². The highest BCUT2D eigenvalue weighted by atomic mass is 19.1. The number of nitrogens with one attached hydrogen (secondary N) is 1. The van der Waals surface area contributed by atoms with Crippen LogP contribution in [0.2, 0.25) is 0 Å². The molecule has 1 aromatic rings. The van der Waals surface area contributed by atoms with Gasteiger partial charge >= 0.3 is 0 Å². The van der Waals surface area contributed by atoms with Crippen LogP contribution in [-0.2, 0) is 6.42 Å². The maximum absolute atomic E-state index is 13.0. The highest BCUT2D eigenvalue weighted by Gasteiger charge is 2.20. The van der Waals surface area contributed by atoms with Crippen LogP contribution in [-0.4, -0.2) is 23.8 Å². The van der Waals surface area contributed by atoms with Gasteiger partial charge < -0.3 is 10.4 Å². The smallest absolute Gasteiger partial charge is 0.123 e. The predicted octanol–water partition coefficient (Wildman–Crippen LogP) is 2.65. The number of hydrogen-bond acceptors (Lipinski definition) is 2. The number of aliphatic hydroxyl groups is 1. The fourth-order valence-electron chi connectivity index (χ4n) is 2.62. The molecule has 0 aromatic heterocycles. The molecular formula is C15H22FNO. The highest BCUT2D eigenvalue weighted by molar-refractivity contribution is 5.16. The molecule has 100 valence electrons. The summed E-state index contributed by atoms with van der Waals surface area (Å²) in [5.74, 6) is -0.179. The summed E-state index contributed by atoms with van der Waals surface area (Å²) in [6.45, 7) is 0.797. The fraction of sp³-hybridized carbons (Fsp3) is 0.600. The van der Waals surface area contributed by atoms with Gasteiger partial charge in [0, 0.05) is 6.04 Å². The summed E-state index contributed by atoms with van der Waals surface area (Å²) < 4.78 is 13.0. The lowest BCUT2D eigenvalue weighted by atomic mass is 10.1. The molecule has 2 rings (SSSR count). The van der Waals surface area contributed by atoms with Crippen molar-refractivity contribution in [2.45, 2.75) is 50.7 Å². The van der Waals surface area contributed by atoms with Crippen molar-refractivity contribution < 1.29 is 9.50 Å². The van der Waals surface area contributed by atoms with Gasteiger partial charge in [0.2, 0.25) is 0 Å². The number of halogens is 1. The minimum absolute atomic E-state index is 0.179. The molecule has 3 heteroatoms. The second-order valence-corrected chi connectivity index (χ2v) is 5.15. The Morgan fingerprint density at radius 1 is 1.22 bits per heavy atom. The van der Waals surface area contributed by atoms with Gasteiger partial charge in [0.1, 0.15) is 5.82 Å². The lowest BCUT2D eigenvalue weighted by molar-refractivity contribution is 0.120. The summed E-state index contributed by atoms with van der Waals surface area (Å²) in [7, 11) is 0. The largest absolute Gasteiger partial charge is 0.392 e. The molecule has 2 nitrogen and oxygen atoms in total. The van der Waals surface area contributed by atoms with Crippen molar-refractivity contribution in [1.82, 2.24) is 5.32 Å². The van der Waals surface area contributed by atoms with Gasteiger partial charge in [0.15, 0.2) is 0 Å². The first-order valence-electron chi connectivity index (χ1n) is 6.91. The summed E-state index contributed by atoms with van der Waals surface area (Å²) in [6, 6.07) is 6.93. The molecule has 1 aromatic carbocycles. The standard InChI is InChI=1S/C15H22FNO/c16-13-6-4-5-12(11-13)9-10-17-14-7-2-1-3-8-15(14)18/h4-6,11,14-15,17-18H,1-3,7-10H2. The zero-order valence-corrected chi connectivity index (χ0v) is 10.7. The molecule has 18 heavy (non-hydrogen) atoms. The van der Waals surface area contributed by atoms with E-state index in [1.807, 2.05) is 6.07 Å². The Kier molecular flexibility index (Phi) is 5.14. The molecule has 1 aliphatic carbocycles. The van der Waals surface area contributed by atoms with E-state index < -0.39 is 0 Å². The van der Waals surface area contributed by atoms with Crippen LogP contribution in [0.3, 0.4) is 0 Å².